The van der Waals surface area contributed by atoms with Crippen molar-refractivity contribution in [3.05, 3.63) is 0 Å². The zero-order valence-electron chi connectivity index (χ0n) is 13.4. The van der Waals surface area contributed by atoms with E-state index in [1.165, 1.54) is 25.7 Å². The molecule has 0 saturated carbocycles. The summed E-state index contributed by atoms with van der Waals surface area (Å²) in [4.78, 5) is 13.7. The third-order valence-electron chi connectivity index (χ3n) is 3.76. The fourth-order valence-electron chi connectivity index (χ4n) is 2.50. The molecule has 0 aromatic carbocycles. The van der Waals surface area contributed by atoms with E-state index in [4.69, 9.17) is 5.73 Å². The summed E-state index contributed by atoms with van der Waals surface area (Å²) in [7, 11) is 0. The SMILES string of the molecule is CCCCCN(CCCCC)C(CCCCN)C(=O)O. The van der Waals surface area contributed by atoms with Gasteiger partial charge in [0.2, 0.25) is 0 Å². The van der Waals surface area contributed by atoms with Crippen molar-refractivity contribution in [2.45, 2.75) is 77.7 Å². The van der Waals surface area contributed by atoms with Gasteiger partial charge in [0.1, 0.15) is 6.04 Å². The standard InChI is InChI=1S/C16H34N2O2/c1-3-5-9-13-18(14-10-6-4-2)15(16(19)20)11-7-8-12-17/h15H,3-14,17H2,1-2H3,(H,19,20). The summed E-state index contributed by atoms with van der Waals surface area (Å²) in [5.41, 5.74) is 5.50. The number of carboxylic acid groups (broad SMARTS) is 1. The van der Waals surface area contributed by atoms with Crippen molar-refractivity contribution in [1.29, 1.82) is 0 Å². The molecule has 0 amide bonds. The number of unbranched alkanes of at least 4 members (excludes halogenated alkanes) is 5. The zero-order valence-corrected chi connectivity index (χ0v) is 13.4. The highest BCUT2D eigenvalue weighted by molar-refractivity contribution is 5.73. The maximum Gasteiger partial charge on any atom is 0.320 e. The lowest BCUT2D eigenvalue weighted by Crippen LogP contribution is -2.42. The van der Waals surface area contributed by atoms with E-state index in [1.54, 1.807) is 0 Å². The van der Waals surface area contributed by atoms with E-state index in [2.05, 4.69) is 18.7 Å². The first-order chi connectivity index (χ1) is 9.67. The molecule has 0 radical (unpaired) electrons. The molecule has 0 heterocycles. The minimum Gasteiger partial charge on any atom is -0.480 e. The summed E-state index contributed by atoms with van der Waals surface area (Å²) in [6.07, 6.45) is 9.46. The third kappa shape index (κ3) is 9.32. The van der Waals surface area contributed by atoms with Gasteiger partial charge in [0, 0.05) is 0 Å². The number of carbonyl (C=O) groups is 1. The second-order valence-corrected chi connectivity index (χ2v) is 5.59. The largest absolute Gasteiger partial charge is 0.480 e. The molecule has 0 aliphatic carbocycles. The predicted octanol–water partition coefficient (Wildman–Crippen LogP) is 3.25. The Morgan fingerprint density at radius 3 is 1.95 bits per heavy atom. The molecule has 0 aromatic rings. The topological polar surface area (TPSA) is 66.6 Å². The van der Waals surface area contributed by atoms with Crippen molar-refractivity contribution in [1.82, 2.24) is 4.90 Å². The van der Waals surface area contributed by atoms with Gasteiger partial charge in [-0.1, -0.05) is 46.0 Å². The van der Waals surface area contributed by atoms with Gasteiger partial charge in [-0.3, -0.25) is 9.69 Å². The van der Waals surface area contributed by atoms with Crippen molar-refractivity contribution in [2.75, 3.05) is 19.6 Å². The number of nitrogens with zero attached hydrogens (tertiary/aromatic N) is 1. The Bertz CT molecular complexity index is 225. The Kier molecular flexibility index (Phi) is 13.0. The van der Waals surface area contributed by atoms with Crippen molar-refractivity contribution >= 4 is 5.97 Å². The summed E-state index contributed by atoms with van der Waals surface area (Å²) >= 11 is 0. The summed E-state index contributed by atoms with van der Waals surface area (Å²) in [5, 5.41) is 9.48. The molecule has 1 atom stereocenters. The lowest BCUT2D eigenvalue weighted by Gasteiger charge is -2.29. The van der Waals surface area contributed by atoms with Crippen LogP contribution in [0.5, 0.6) is 0 Å². The van der Waals surface area contributed by atoms with Gasteiger partial charge in [0.05, 0.1) is 0 Å². The first-order valence-electron chi connectivity index (χ1n) is 8.34. The average molecular weight is 286 g/mol. The van der Waals surface area contributed by atoms with Crippen LogP contribution in [0.25, 0.3) is 0 Å². The van der Waals surface area contributed by atoms with Crippen molar-refractivity contribution in [2.24, 2.45) is 5.73 Å². The summed E-state index contributed by atoms with van der Waals surface area (Å²) < 4.78 is 0. The molecular weight excluding hydrogens is 252 g/mol. The number of carboxylic acids is 1. The highest BCUT2D eigenvalue weighted by Crippen LogP contribution is 2.13. The summed E-state index contributed by atoms with van der Waals surface area (Å²) in [5.74, 6) is -0.671. The number of rotatable bonds is 14. The molecule has 20 heavy (non-hydrogen) atoms. The van der Waals surface area contributed by atoms with Crippen LogP contribution < -0.4 is 5.73 Å². The molecule has 4 nitrogen and oxygen atoms in total. The Morgan fingerprint density at radius 2 is 1.55 bits per heavy atom. The van der Waals surface area contributed by atoms with Crippen LogP contribution in [0.15, 0.2) is 0 Å². The number of hydrogen-bond donors (Lipinski definition) is 2. The van der Waals surface area contributed by atoms with Crippen LogP contribution in [0, 0.1) is 0 Å². The van der Waals surface area contributed by atoms with E-state index < -0.39 is 5.97 Å². The van der Waals surface area contributed by atoms with Crippen LogP contribution >= 0.6 is 0 Å². The number of hydrogen-bond acceptors (Lipinski definition) is 3. The van der Waals surface area contributed by atoms with Crippen LogP contribution in [-0.2, 0) is 4.79 Å². The molecule has 0 aliphatic heterocycles. The van der Waals surface area contributed by atoms with Crippen LogP contribution in [0.2, 0.25) is 0 Å². The molecular formula is C16H34N2O2. The molecule has 0 spiro atoms. The van der Waals surface area contributed by atoms with Gasteiger partial charge >= 0.3 is 5.97 Å². The van der Waals surface area contributed by atoms with E-state index in [9.17, 15) is 9.90 Å². The monoisotopic (exact) mass is 286 g/mol. The highest BCUT2D eigenvalue weighted by Gasteiger charge is 2.24. The molecule has 0 fully saturated rings. The molecule has 0 saturated heterocycles. The van der Waals surface area contributed by atoms with Crippen LogP contribution in [0.3, 0.4) is 0 Å². The Morgan fingerprint density at radius 1 is 1.00 bits per heavy atom. The maximum absolute atomic E-state index is 11.5. The molecule has 0 aliphatic rings. The summed E-state index contributed by atoms with van der Waals surface area (Å²) in [6.45, 7) is 6.83. The van der Waals surface area contributed by atoms with Gasteiger partial charge in [-0.05, 0) is 45.3 Å². The quantitative estimate of drug-likeness (QED) is 0.481. The Balaban J connectivity index is 4.40. The fraction of sp³-hybridized carbons (Fsp3) is 0.938. The normalized spacial score (nSPS) is 12.8. The number of aliphatic carboxylic acids is 1. The van der Waals surface area contributed by atoms with Crippen molar-refractivity contribution in [3.63, 3.8) is 0 Å². The van der Waals surface area contributed by atoms with Crippen molar-refractivity contribution in [3.8, 4) is 0 Å². The van der Waals surface area contributed by atoms with Gasteiger partial charge in [0.25, 0.3) is 0 Å². The smallest absolute Gasteiger partial charge is 0.320 e. The molecule has 3 N–H and O–H groups in total. The van der Waals surface area contributed by atoms with Crippen molar-refractivity contribution < 1.29 is 9.90 Å². The molecule has 0 rings (SSSR count). The first kappa shape index (κ1) is 19.4. The fourth-order valence-corrected chi connectivity index (χ4v) is 2.50. The molecule has 0 aromatic heterocycles. The van der Waals surface area contributed by atoms with Gasteiger partial charge in [-0.25, -0.2) is 0 Å². The van der Waals surface area contributed by atoms with Gasteiger partial charge in [0.15, 0.2) is 0 Å². The maximum atomic E-state index is 11.5. The van der Waals surface area contributed by atoms with Gasteiger partial charge in [-0.15, -0.1) is 0 Å². The van der Waals surface area contributed by atoms with E-state index in [0.29, 0.717) is 6.54 Å². The van der Waals surface area contributed by atoms with Crippen LogP contribution in [0.4, 0.5) is 0 Å². The van der Waals surface area contributed by atoms with E-state index in [-0.39, 0.29) is 6.04 Å². The molecule has 4 heteroatoms. The molecule has 0 bridgehead atoms. The lowest BCUT2D eigenvalue weighted by atomic mass is 10.1. The highest BCUT2D eigenvalue weighted by atomic mass is 16.4. The minimum atomic E-state index is -0.671. The Hall–Kier alpha value is -0.610. The second-order valence-electron chi connectivity index (χ2n) is 5.59. The number of nitrogens with two attached hydrogens (primary N) is 1. The molecule has 120 valence electrons. The van der Waals surface area contributed by atoms with Gasteiger partial charge < -0.3 is 10.8 Å². The second kappa shape index (κ2) is 13.4. The summed E-state index contributed by atoms with van der Waals surface area (Å²) in [6, 6.07) is -0.324. The molecule has 1 unspecified atom stereocenters. The average Bonchev–Trinajstić information content (AvgIpc) is 2.42. The minimum absolute atomic E-state index is 0.324. The predicted molar refractivity (Wildman–Crippen MR) is 85.0 cm³/mol. The Labute approximate surface area is 124 Å². The van der Waals surface area contributed by atoms with Crippen LogP contribution in [-0.4, -0.2) is 41.7 Å². The zero-order chi connectivity index (χ0) is 15.2. The van der Waals surface area contributed by atoms with E-state index in [0.717, 1.165) is 45.2 Å². The van der Waals surface area contributed by atoms with E-state index >= 15 is 0 Å². The lowest BCUT2D eigenvalue weighted by molar-refractivity contribution is -0.143. The van der Waals surface area contributed by atoms with Gasteiger partial charge in [-0.2, -0.15) is 0 Å². The van der Waals surface area contributed by atoms with E-state index in [1.807, 2.05) is 0 Å². The first-order valence-corrected chi connectivity index (χ1v) is 8.34. The van der Waals surface area contributed by atoms with Crippen LogP contribution in [0.1, 0.15) is 71.6 Å². The third-order valence-corrected chi connectivity index (χ3v) is 3.76.